The van der Waals surface area contributed by atoms with Crippen molar-refractivity contribution < 1.29 is 20.4 Å². The maximum absolute atomic E-state index is 10.4. The van der Waals surface area contributed by atoms with Crippen molar-refractivity contribution in [1.29, 1.82) is 0 Å². The van der Waals surface area contributed by atoms with E-state index in [-0.39, 0.29) is 41.5 Å². The number of nitrogens with one attached hydrogen (secondary N) is 2. The molecule has 0 amide bonds. The largest absolute Gasteiger partial charge is 0.494 e. The second-order valence-corrected chi connectivity index (χ2v) is 8.40. The zero-order valence-electron chi connectivity index (χ0n) is 18.8. The molecule has 0 saturated carbocycles. The minimum absolute atomic E-state index is 0.0339. The summed E-state index contributed by atoms with van der Waals surface area (Å²) in [4.78, 5) is 0. The van der Waals surface area contributed by atoms with Crippen LogP contribution in [0, 0.1) is 5.92 Å². The molecule has 0 aromatic carbocycles. The van der Waals surface area contributed by atoms with E-state index in [4.69, 9.17) is 0 Å². The van der Waals surface area contributed by atoms with Gasteiger partial charge in [-0.1, -0.05) is 20.8 Å². The Morgan fingerprint density at radius 2 is 1.27 bits per heavy atom. The summed E-state index contributed by atoms with van der Waals surface area (Å²) >= 11 is 0. The van der Waals surface area contributed by atoms with Crippen molar-refractivity contribution in [3.63, 3.8) is 0 Å². The first-order valence-corrected chi connectivity index (χ1v) is 10.9. The van der Waals surface area contributed by atoms with Crippen LogP contribution in [0.4, 0.5) is 11.4 Å². The number of anilines is 2. The Morgan fingerprint density at radius 3 is 1.77 bits per heavy atom. The van der Waals surface area contributed by atoms with Crippen LogP contribution >= 0.6 is 0 Å². The van der Waals surface area contributed by atoms with E-state index in [2.05, 4.69) is 24.5 Å². The molecule has 8 nitrogen and oxygen atoms in total. The van der Waals surface area contributed by atoms with Crippen molar-refractivity contribution in [1.82, 2.24) is 9.13 Å². The third-order valence-electron chi connectivity index (χ3n) is 5.69. The van der Waals surface area contributed by atoms with Crippen LogP contribution in [-0.4, -0.2) is 41.6 Å². The molecule has 0 aliphatic carbocycles. The molecule has 0 fully saturated rings. The summed E-state index contributed by atoms with van der Waals surface area (Å²) in [5.41, 5.74) is 1.08. The van der Waals surface area contributed by atoms with Gasteiger partial charge in [-0.05, 0) is 45.4 Å². The summed E-state index contributed by atoms with van der Waals surface area (Å²) in [6, 6.07) is 3.50. The highest BCUT2D eigenvalue weighted by Gasteiger charge is 2.18. The highest BCUT2D eigenvalue weighted by molar-refractivity contribution is 5.58. The van der Waals surface area contributed by atoms with E-state index in [9.17, 15) is 20.4 Å². The SMILES string of the molecule is CCC(C)Nc1cc(O)n(CCCC(C)Cn2c(O)cc(NC(C)CC)c2O)c1O. The molecule has 2 rings (SSSR count). The van der Waals surface area contributed by atoms with E-state index in [1.807, 2.05) is 20.8 Å². The van der Waals surface area contributed by atoms with Gasteiger partial charge in [0.25, 0.3) is 0 Å². The number of aromatic hydroxyl groups is 4. The van der Waals surface area contributed by atoms with E-state index in [0.29, 0.717) is 24.5 Å². The Morgan fingerprint density at radius 1 is 0.800 bits per heavy atom. The predicted octanol–water partition coefficient (Wildman–Crippen LogP) is 4.65. The zero-order chi connectivity index (χ0) is 22.4. The van der Waals surface area contributed by atoms with E-state index in [1.165, 1.54) is 9.13 Å². The van der Waals surface area contributed by atoms with E-state index in [0.717, 1.165) is 25.7 Å². The Labute approximate surface area is 179 Å². The van der Waals surface area contributed by atoms with Crippen molar-refractivity contribution in [2.45, 2.75) is 85.5 Å². The molecule has 8 heteroatoms. The second kappa shape index (κ2) is 10.4. The molecule has 2 heterocycles. The zero-order valence-corrected chi connectivity index (χ0v) is 18.8. The minimum Gasteiger partial charge on any atom is -0.494 e. The quantitative estimate of drug-likeness (QED) is 0.297. The van der Waals surface area contributed by atoms with Gasteiger partial charge in [-0.3, -0.25) is 9.13 Å². The number of rotatable bonds is 12. The topological polar surface area (TPSA) is 115 Å². The summed E-state index contributed by atoms with van der Waals surface area (Å²) in [6.07, 6.45) is 3.36. The molecule has 3 atom stereocenters. The molecule has 0 bridgehead atoms. The van der Waals surface area contributed by atoms with Crippen LogP contribution in [0.15, 0.2) is 12.1 Å². The summed E-state index contributed by atoms with van der Waals surface area (Å²) in [7, 11) is 0. The Bertz CT molecular complexity index is 815. The standard InChI is InChI=1S/C22H38N4O4/c1-6-15(4)23-17-11-19(27)25(21(17)29)10-8-9-14(3)13-26-20(28)12-18(22(26)30)24-16(5)7-2/h11-12,14-16,23-24,27-30H,6-10,13H2,1-5H3. The first kappa shape index (κ1) is 23.6. The third kappa shape index (κ3) is 5.70. The van der Waals surface area contributed by atoms with Crippen molar-refractivity contribution in [2.75, 3.05) is 10.6 Å². The Hall–Kier alpha value is -2.64. The second-order valence-electron chi connectivity index (χ2n) is 8.40. The number of aromatic nitrogens is 2. The molecule has 2 aromatic rings. The van der Waals surface area contributed by atoms with Gasteiger partial charge in [0.2, 0.25) is 11.8 Å². The Balaban J connectivity index is 1.93. The van der Waals surface area contributed by atoms with Gasteiger partial charge in [-0.25, -0.2) is 0 Å². The molecule has 0 spiro atoms. The summed E-state index contributed by atoms with van der Waals surface area (Å²) in [6.45, 7) is 11.1. The highest BCUT2D eigenvalue weighted by Crippen LogP contribution is 2.35. The molecule has 0 radical (unpaired) electrons. The van der Waals surface area contributed by atoms with Gasteiger partial charge < -0.3 is 31.1 Å². The van der Waals surface area contributed by atoms with Gasteiger partial charge in [0, 0.05) is 37.3 Å². The van der Waals surface area contributed by atoms with Crippen molar-refractivity contribution in [2.24, 2.45) is 5.92 Å². The van der Waals surface area contributed by atoms with Crippen LogP contribution in [-0.2, 0) is 13.1 Å². The van der Waals surface area contributed by atoms with Gasteiger partial charge in [0.05, 0.1) is 0 Å². The lowest BCUT2D eigenvalue weighted by atomic mass is 10.1. The number of hydrogen-bond donors (Lipinski definition) is 6. The molecule has 0 aliphatic rings. The van der Waals surface area contributed by atoms with E-state index in [1.54, 1.807) is 12.1 Å². The van der Waals surface area contributed by atoms with Crippen molar-refractivity contribution >= 4 is 11.4 Å². The molecular weight excluding hydrogens is 384 g/mol. The van der Waals surface area contributed by atoms with Gasteiger partial charge in [0.1, 0.15) is 11.4 Å². The van der Waals surface area contributed by atoms with Crippen LogP contribution in [0.3, 0.4) is 0 Å². The van der Waals surface area contributed by atoms with Gasteiger partial charge in [-0.15, -0.1) is 0 Å². The molecule has 30 heavy (non-hydrogen) atoms. The lowest BCUT2D eigenvalue weighted by molar-refractivity contribution is 0.322. The monoisotopic (exact) mass is 422 g/mol. The highest BCUT2D eigenvalue weighted by atomic mass is 16.3. The smallest absolute Gasteiger partial charge is 0.218 e. The molecule has 170 valence electrons. The lowest BCUT2D eigenvalue weighted by Crippen LogP contribution is -2.13. The fraction of sp³-hybridized carbons (Fsp3) is 0.636. The van der Waals surface area contributed by atoms with Gasteiger partial charge in [0.15, 0.2) is 11.8 Å². The fourth-order valence-electron chi connectivity index (χ4n) is 3.40. The van der Waals surface area contributed by atoms with E-state index < -0.39 is 0 Å². The normalized spacial score (nSPS) is 14.4. The first-order valence-electron chi connectivity index (χ1n) is 10.9. The predicted molar refractivity (Wildman–Crippen MR) is 121 cm³/mol. The van der Waals surface area contributed by atoms with Crippen LogP contribution in [0.5, 0.6) is 23.5 Å². The Kier molecular flexibility index (Phi) is 8.20. The number of hydrogen-bond acceptors (Lipinski definition) is 6. The van der Waals surface area contributed by atoms with Crippen LogP contribution in [0.1, 0.15) is 60.3 Å². The summed E-state index contributed by atoms with van der Waals surface area (Å²) in [5, 5.41) is 47.6. The van der Waals surface area contributed by atoms with Crippen LogP contribution < -0.4 is 10.6 Å². The molecule has 6 N–H and O–H groups in total. The van der Waals surface area contributed by atoms with E-state index >= 15 is 0 Å². The lowest BCUT2D eigenvalue weighted by Gasteiger charge is -2.16. The van der Waals surface area contributed by atoms with Gasteiger partial charge >= 0.3 is 0 Å². The average molecular weight is 423 g/mol. The molecule has 3 unspecified atom stereocenters. The first-order chi connectivity index (χ1) is 14.2. The minimum atomic E-state index is 0.0339. The average Bonchev–Trinajstić information content (AvgIpc) is 3.11. The van der Waals surface area contributed by atoms with Crippen molar-refractivity contribution in [3.8, 4) is 23.5 Å². The van der Waals surface area contributed by atoms with Crippen molar-refractivity contribution in [3.05, 3.63) is 12.1 Å². The molecule has 0 aliphatic heterocycles. The maximum atomic E-state index is 10.4. The third-order valence-corrected chi connectivity index (χ3v) is 5.69. The molecule has 0 saturated heterocycles. The molecular formula is C22H38N4O4. The maximum Gasteiger partial charge on any atom is 0.218 e. The summed E-state index contributed by atoms with van der Waals surface area (Å²) < 4.78 is 3.00. The van der Waals surface area contributed by atoms with Crippen LogP contribution in [0.25, 0.3) is 0 Å². The van der Waals surface area contributed by atoms with Crippen LogP contribution in [0.2, 0.25) is 0 Å². The fourth-order valence-corrected chi connectivity index (χ4v) is 3.40. The number of nitrogens with zero attached hydrogens (tertiary/aromatic N) is 2. The molecule has 2 aromatic heterocycles. The summed E-state index contributed by atoms with van der Waals surface area (Å²) in [5.74, 6) is 0.338. The van der Waals surface area contributed by atoms with Gasteiger partial charge in [-0.2, -0.15) is 0 Å².